The minimum absolute atomic E-state index is 0.0545. The predicted octanol–water partition coefficient (Wildman–Crippen LogP) is 4.98. The molecule has 2 aromatic carbocycles. The highest BCUT2D eigenvalue weighted by atomic mass is 16.5. The number of nitrogens with zero attached hydrogens (tertiary/aromatic N) is 1. The number of hydrogen-bond donors (Lipinski definition) is 1. The van der Waals surface area contributed by atoms with Gasteiger partial charge in [0.1, 0.15) is 11.4 Å². The number of imide groups is 1. The molecule has 2 amide bonds. The SMILES string of the molecule is C=CCN1C(=O)C(Nc2ccc(C(C)C)cc2)=C(c2ccc(OC(C)C)cc2)C1=O. The van der Waals surface area contributed by atoms with Gasteiger partial charge in [-0.1, -0.05) is 44.2 Å². The molecule has 0 bridgehead atoms. The summed E-state index contributed by atoms with van der Waals surface area (Å²) in [5, 5.41) is 3.17. The van der Waals surface area contributed by atoms with Crippen molar-refractivity contribution in [2.45, 2.75) is 39.7 Å². The van der Waals surface area contributed by atoms with Gasteiger partial charge in [-0.15, -0.1) is 6.58 Å². The Hall–Kier alpha value is -3.34. The van der Waals surface area contributed by atoms with Gasteiger partial charge < -0.3 is 10.1 Å². The maximum Gasteiger partial charge on any atom is 0.278 e. The first kappa shape index (κ1) is 21.4. The van der Waals surface area contributed by atoms with Crippen LogP contribution in [0.5, 0.6) is 5.75 Å². The molecule has 0 saturated carbocycles. The van der Waals surface area contributed by atoms with Gasteiger partial charge in [-0.3, -0.25) is 14.5 Å². The molecule has 0 aliphatic carbocycles. The molecule has 0 atom stereocenters. The van der Waals surface area contributed by atoms with Crippen molar-refractivity contribution in [2.75, 3.05) is 11.9 Å². The lowest BCUT2D eigenvalue weighted by atomic mass is 10.0. The molecule has 0 saturated heterocycles. The van der Waals surface area contributed by atoms with Crippen LogP contribution in [0.15, 0.2) is 66.9 Å². The van der Waals surface area contributed by atoms with E-state index in [4.69, 9.17) is 4.74 Å². The second-order valence-corrected chi connectivity index (χ2v) is 7.85. The first-order valence-corrected chi connectivity index (χ1v) is 10.2. The maximum absolute atomic E-state index is 13.0. The van der Waals surface area contributed by atoms with Crippen LogP contribution in [0.1, 0.15) is 44.7 Å². The zero-order valence-corrected chi connectivity index (χ0v) is 17.9. The van der Waals surface area contributed by atoms with Crippen molar-refractivity contribution in [1.29, 1.82) is 0 Å². The number of benzene rings is 2. The van der Waals surface area contributed by atoms with Crippen LogP contribution in [0.25, 0.3) is 5.57 Å². The summed E-state index contributed by atoms with van der Waals surface area (Å²) in [4.78, 5) is 27.2. The Labute approximate surface area is 178 Å². The van der Waals surface area contributed by atoms with Gasteiger partial charge in [0.05, 0.1) is 11.7 Å². The summed E-state index contributed by atoms with van der Waals surface area (Å²) in [7, 11) is 0. The lowest BCUT2D eigenvalue weighted by Gasteiger charge is -2.13. The second-order valence-electron chi connectivity index (χ2n) is 7.85. The molecule has 0 unspecified atom stereocenters. The normalized spacial score (nSPS) is 14.1. The van der Waals surface area contributed by atoms with E-state index in [9.17, 15) is 9.59 Å². The van der Waals surface area contributed by atoms with Crippen LogP contribution in [0.2, 0.25) is 0 Å². The molecule has 0 fully saturated rings. The van der Waals surface area contributed by atoms with Crippen LogP contribution in [0.3, 0.4) is 0 Å². The van der Waals surface area contributed by atoms with Gasteiger partial charge >= 0.3 is 0 Å². The first-order chi connectivity index (χ1) is 14.3. The van der Waals surface area contributed by atoms with Gasteiger partial charge in [0.15, 0.2) is 0 Å². The molecule has 0 aromatic heterocycles. The Balaban J connectivity index is 1.98. The van der Waals surface area contributed by atoms with Crippen LogP contribution in [0.4, 0.5) is 5.69 Å². The van der Waals surface area contributed by atoms with Gasteiger partial charge in [0.2, 0.25) is 0 Å². The van der Waals surface area contributed by atoms with Crippen molar-refractivity contribution in [2.24, 2.45) is 0 Å². The summed E-state index contributed by atoms with van der Waals surface area (Å²) in [6.45, 7) is 12.0. The van der Waals surface area contributed by atoms with Crippen molar-refractivity contribution in [3.05, 3.63) is 78.0 Å². The van der Waals surface area contributed by atoms with E-state index in [1.54, 1.807) is 18.2 Å². The van der Waals surface area contributed by atoms with Crippen LogP contribution in [-0.2, 0) is 9.59 Å². The van der Waals surface area contributed by atoms with E-state index < -0.39 is 0 Å². The summed E-state index contributed by atoms with van der Waals surface area (Å²) >= 11 is 0. The van der Waals surface area contributed by atoms with Gasteiger partial charge in [-0.25, -0.2) is 0 Å². The molecule has 3 rings (SSSR count). The molecule has 5 heteroatoms. The molecule has 1 N–H and O–H groups in total. The number of carbonyl (C=O) groups is 2. The molecule has 1 aliphatic heterocycles. The molecular formula is C25H28N2O3. The summed E-state index contributed by atoms with van der Waals surface area (Å²) in [5.74, 6) is 0.440. The molecule has 30 heavy (non-hydrogen) atoms. The summed E-state index contributed by atoms with van der Waals surface area (Å²) in [6, 6.07) is 15.1. The minimum atomic E-state index is -0.356. The zero-order valence-electron chi connectivity index (χ0n) is 17.9. The minimum Gasteiger partial charge on any atom is -0.491 e. The number of amides is 2. The molecule has 0 spiro atoms. The van der Waals surface area contributed by atoms with Gasteiger partial charge in [0, 0.05) is 12.2 Å². The predicted molar refractivity (Wildman–Crippen MR) is 120 cm³/mol. The van der Waals surface area contributed by atoms with Crippen molar-refractivity contribution < 1.29 is 14.3 Å². The quantitative estimate of drug-likeness (QED) is 0.498. The Morgan fingerprint density at radius 1 is 0.967 bits per heavy atom. The standard InChI is InChI=1S/C25H28N2O3/c1-6-15-27-24(28)22(19-9-13-21(14-10-19)30-17(4)5)23(25(27)29)26-20-11-7-18(8-12-20)16(2)3/h6-14,16-17,26H,1,15H2,2-5H3. The van der Waals surface area contributed by atoms with Gasteiger partial charge in [0.25, 0.3) is 11.8 Å². The molecule has 1 heterocycles. The van der Waals surface area contributed by atoms with Crippen LogP contribution in [-0.4, -0.2) is 29.4 Å². The second kappa shape index (κ2) is 8.99. The Kier molecular flexibility index (Phi) is 6.40. The fraction of sp³-hybridized carbons (Fsp3) is 0.280. The van der Waals surface area contributed by atoms with Crippen LogP contribution in [0, 0.1) is 0 Å². The highest BCUT2D eigenvalue weighted by Gasteiger charge is 2.38. The van der Waals surface area contributed by atoms with Crippen molar-refractivity contribution in [1.82, 2.24) is 4.90 Å². The van der Waals surface area contributed by atoms with Crippen molar-refractivity contribution in [3.8, 4) is 5.75 Å². The largest absolute Gasteiger partial charge is 0.491 e. The highest BCUT2D eigenvalue weighted by Crippen LogP contribution is 2.31. The molecule has 5 nitrogen and oxygen atoms in total. The van der Waals surface area contributed by atoms with E-state index in [1.807, 2.05) is 50.2 Å². The Bertz CT molecular complexity index is 970. The number of rotatable bonds is 8. The lowest BCUT2D eigenvalue weighted by Crippen LogP contribution is -2.32. The topological polar surface area (TPSA) is 58.6 Å². The third-order valence-electron chi connectivity index (χ3n) is 4.84. The fourth-order valence-corrected chi connectivity index (χ4v) is 3.32. The zero-order chi connectivity index (χ0) is 21.8. The fourth-order valence-electron chi connectivity index (χ4n) is 3.32. The van der Waals surface area contributed by atoms with Crippen molar-refractivity contribution in [3.63, 3.8) is 0 Å². The Morgan fingerprint density at radius 3 is 2.13 bits per heavy atom. The number of ether oxygens (including phenoxy) is 1. The first-order valence-electron chi connectivity index (χ1n) is 10.2. The van der Waals surface area contributed by atoms with Gasteiger partial charge in [-0.05, 0) is 55.2 Å². The molecule has 1 aliphatic rings. The maximum atomic E-state index is 13.0. The highest BCUT2D eigenvalue weighted by molar-refractivity contribution is 6.36. The third kappa shape index (κ3) is 4.46. The average Bonchev–Trinajstić information content (AvgIpc) is 2.93. The smallest absolute Gasteiger partial charge is 0.278 e. The monoisotopic (exact) mass is 404 g/mol. The van der Waals surface area contributed by atoms with E-state index in [0.29, 0.717) is 22.8 Å². The number of nitrogens with one attached hydrogen (secondary N) is 1. The average molecular weight is 405 g/mol. The lowest BCUT2D eigenvalue weighted by molar-refractivity contribution is -0.136. The third-order valence-corrected chi connectivity index (χ3v) is 4.84. The summed E-state index contributed by atoms with van der Waals surface area (Å²) < 4.78 is 5.69. The van der Waals surface area contributed by atoms with Crippen LogP contribution < -0.4 is 10.1 Å². The molecule has 2 aromatic rings. The number of anilines is 1. The van der Waals surface area contributed by atoms with E-state index in [0.717, 1.165) is 5.69 Å². The molecule has 156 valence electrons. The van der Waals surface area contributed by atoms with Crippen LogP contribution >= 0.6 is 0 Å². The van der Waals surface area contributed by atoms with Gasteiger partial charge in [-0.2, -0.15) is 0 Å². The van der Waals surface area contributed by atoms with E-state index >= 15 is 0 Å². The summed E-state index contributed by atoms with van der Waals surface area (Å²) in [5.41, 5.74) is 3.26. The Morgan fingerprint density at radius 2 is 1.60 bits per heavy atom. The van der Waals surface area contributed by atoms with E-state index in [1.165, 1.54) is 10.5 Å². The number of hydrogen-bond acceptors (Lipinski definition) is 4. The molecule has 0 radical (unpaired) electrons. The summed E-state index contributed by atoms with van der Waals surface area (Å²) in [6.07, 6.45) is 1.60. The molecular weight excluding hydrogens is 376 g/mol. The van der Waals surface area contributed by atoms with E-state index in [-0.39, 0.29) is 30.2 Å². The van der Waals surface area contributed by atoms with E-state index in [2.05, 4.69) is 25.7 Å². The van der Waals surface area contributed by atoms with Crippen molar-refractivity contribution >= 4 is 23.1 Å². The number of carbonyl (C=O) groups excluding carboxylic acids is 2.